The minimum Gasteiger partial charge on any atom is -0.354 e. The molecule has 190 valence electrons. The quantitative estimate of drug-likeness (QED) is 0.257. The molecule has 0 radical (unpaired) electrons. The highest BCUT2D eigenvalue weighted by Crippen LogP contribution is 2.28. The van der Waals surface area contributed by atoms with Crippen LogP contribution in [0, 0.1) is 0 Å². The highest BCUT2D eigenvalue weighted by Gasteiger charge is 2.30. The Bertz CT molecular complexity index is 1140. The number of halogens is 3. The van der Waals surface area contributed by atoms with Gasteiger partial charge in [-0.15, -0.1) is 11.8 Å². The molecule has 8 heteroatoms. The molecule has 4 nitrogen and oxygen atoms in total. The number of amides is 2. The van der Waals surface area contributed by atoms with Crippen molar-refractivity contribution in [2.75, 3.05) is 12.3 Å². The topological polar surface area (TPSA) is 49.4 Å². The van der Waals surface area contributed by atoms with Crippen LogP contribution in [0.3, 0.4) is 0 Å². The number of thioether (sulfide) groups is 1. The first-order valence-electron chi connectivity index (χ1n) is 11.7. The van der Waals surface area contributed by atoms with Gasteiger partial charge in [0, 0.05) is 40.3 Å². The van der Waals surface area contributed by atoms with Gasteiger partial charge in [0.1, 0.15) is 6.04 Å². The smallest absolute Gasteiger partial charge is 0.243 e. The molecule has 36 heavy (non-hydrogen) atoms. The fourth-order valence-electron chi connectivity index (χ4n) is 3.75. The van der Waals surface area contributed by atoms with Crippen molar-refractivity contribution in [1.29, 1.82) is 0 Å². The Kier molecular flexibility index (Phi) is 11.5. The number of hydrogen-bond acceptors (Lipinski definition) is 3. The van der Waals surface area contributed by atoms with Crippen LogP contribution in [0.1, 0.15) is 30.0 Å². The summed E-state index contributed by atoms with van der Waals surface area (Å²) in [5.41, 5.74) is 2.63. The van der Waals surface area contributed by atoms with Crippen LogP contribution >= 0.6 is 46.6 Å². The fraction of sp³-hybridized carbons (Fsp3) is 0.286. The molecule has 1 unspecified atom stereocenters. The van der Waals surface area contributed by atoms with Crippen LogP contribution < -0.4 is 5.32 Å². The molecule has 0 saturated carbocycles. The molecule has 1 N–H and O–H groups in total. The maximum absolute atomic E-state index is 13.6. The van der Waals surface area contributed by atoms with Gasteiger partial charge in [-0.3, -0.25) is 9.59 Å². The van der Waals surface area contributed by atoms with Gasteiger partial charge in [0.15, 0.2) is 0 Å². The van der Waals surface area contributed by atoms with Crippen molar-refractivity contribution in [1.82, 2.24) is 10.2 Å². The molecule has 3 rings (SSSR count). The number of carbonyl (C=O) groups is 2. The summed E-state index contributed by atoms with van der Waals surface area (Å²) in [6.07, 6.45) is 1.21. The van der Waals surface area contributed by atoms with E-state index in [1.807, 2.05) is 55.5 Å². The van der Waals surface area contributed by atoms with Crippen molar-refractivity contribution in [3.63, 3.8) is 0 Å². The van der Waals surface area contributed by atoms with E-state index in [-0.39, 0.29) is 24.1 Å². The van der Waals surface area contributed by atoms with Gasteiger partial charge in [0.2, 0.25) is 11.8 Å². The second-order valence-corrected chi connectivity index (χ2v) is 10.6. The van der Waals surface area contributed by atoms with Crippen LogP contribution in [0.4, 0.5) is 0 Å². The van der Waals surface area contributed by atoms with Gasteiger partial charge in [-0.1, -0.05) is 90.3 Å². The van der Waals surface area contributed by atoms with Gasteiger partial charge in [0.05, 0.1) is 5.75 Å². The summed E-state index contributed by atoms with van der Waals surface area (Å²) in [7, 11) is 0. The molecule has 0 aliphatic rings. The molecule has 0 aliphatic heterocycles. The van der Waals surface area contributed by atoms with Crippen LogP contribution in [-0.2, 0) is 28.3 Å². The van der Waals surface area contributed by atoms with Crippen molar-refractivity contribution in [2.24, 2.45) is 0 Å². The molecule has 0 aromatic heterocycles. The third kappa shape index (κ3) is 8.45. The molecule has 1 atom stereocenters. The zero-order chi connectivity index (χ0) is 25.9. The lowest BCUT2D eigenvalue weighted by atomic mass is 10.0. The number of rotatable bonds is 12. The molecule has 0 heterocycles. The Balaban J connectivity index is 1.85. The number of hydrogen-bond donors (Lipinski definition) is 1. The Morgan fingerprint density at radius 2 is 1.58 bits per heavy atom. The van der Waals surface area contributed by atoms with E-state index in [0.717, 1.165) is 23.1 Å². The maximum Gasteiger partial charge on any atom is 0.243 e. The molecule has 0 bridgehead atoms. The van der Waals surface area contributed by atoms with Crippen LogP contribution in [0.5, 0.6) is 0 Å². The number of nitrogens with zero attached hydrogens (tertiary/aromatic N) is 1. The zero-order valence-corrected chi connectivity index (χ0v) is 23.1. The molecule has 3 aromatic carbocycles. The Morgan fingerprint density at radius 1 is 0.917 bits per heavy atom. The summed E-state index contributed by atoms with van der Waals surface area (Å²) >= 11 is 20.2. The van der Waals surface area contributed by atoms with Gasteiger partial charge in [-0.05, 0) is 47.4 Å². The summed E-state index contributed by atoms with van der Waals surface area (Å²) in [5.74, 6) is 0.348. The summed E-state index contributed by atoms with van der Waals surface area (Å²) < 4.78 is 0. The molecule has 2 amide bonds. The first-order valence-corrected chi connectivity index (χ1v) is 14.0. The van der Waals surface area contributed by atoms with Crippen LogP contribution in [0.25, 0.3) is 0 Å². The number of carbonyl (C=O) groups excluding carboxylic acids is 2. The Morgan fingerprint density at radius 3 is 2.25 bits per heavy atom. The molecule has 0 saturated heterocycles. The van der Waals surface area contributed by atoms with Crippen LogP contribution in [-0.4, -0.2) is 35.1 Å². The summed E-state index contributed by atoms with van der Waals surface area (Å²) in [6.45, 7) is 2.81. The maximum atomic E-state index is 13.6. The van der Waals surface area contributed by atoms with E-state index < -0.39 is 6.04 Å². The molecule has 0 spiro atoms. The van der Waals surface area contributed by atoms with E-state index in [9.17, 15) is 9.59 Å². The minimum atomic E-state index is -0.671. The molecule has 0 fully saturated rings. The fourth-order valence-corrected chi connectivity index (χ4v) is 5.61. The van der Waals surface area contributed by atoms with Gasteiger partial charge >= 0.3 is 0 Å². The SMILES string of the molecule is CCCNC(=O)C(Cc1ccccc1)N(Cc1cccc(Cl)c1)C(=O)CSCc1c(Cl)cccc1Cl. The van der Waals surface area contributed by atoms with Gasteiger partial charge in [-0.25, -0.2) is 0 Å². The average Bonchev–Trinajstić information content (AvgIpc) is 2.87. The molecular weight excluding hydrogens is 535 g/mol. The lowest BCUT2D eigenvalue weighted by Gasteiger charge is -2.31. The van der Waals surface area contributed by atoms with Crippen molar-refractivity contribution in [2.45, 2.75) is 38.1 Å². The first-order chi connectivity index (χ1) is 17.4. The largest absolute Gasteiger partial charge is 0.354 e. The van der Waals surface area contributed by atoms with Crippen molar-refractivity contribution in [3.8, 4) is 0 Å². The van der Waals surface area contributed by atoms with E-state index >= 15 is 0 Å². The normalized spacial score (nSPS) is 11.7. The predicted molar refractivity (Wildman–Crippen MR) is 152 cm³/mol. The number of nitrogens with one attached hydrogen (secondary N) is 1. The first kappa shape index (κ1) is 28.4. The van der Waals surface area contributed by atoms with Gasteiger partial charge < -0.3 is 10.2 Å². The minimum absolute atomic E-state index is 0.143. The molecular formula is C28H29Cl3N2O2S. The standard InChI is InChI=1S/C28H29Cl3N2O2S/c1-2-14-32-28(35)26(16-20-8-4-3-5-9-20)33(17-21-10-6-11-22(29)15-21)27(34)19-36-18-23-24(30)12-7-13-25(23)31/h3-13,15,26H,2,14,16-19H2,1H3,(H,32,35). The van der Waals surface area contributed by atoms with Crippen LogP contribution in [0.2, 0.25) is 15.1 Å². The number of benzene rings is 3. The summed E-state index contributed by atoms with van der Waals surface area (Å²) in [6, 6.07) is 21.8. The van der Waals surface area contributed by atoms with Crippen LogP contribution in [0.15, 0.2) is 72.8 Å². The van der Waals surface area contributed by atoms with E-state index in [0.29, 0.717) is 33.8 Å². The zero-order valence-electron chi connectivity index (χ0n) is 20.1. The highest BCUT2D eigenvalue weighted by atomic mass is 35.5. The third-order valence-corrected chi connectivity index (χ3v) is 7.48. The average molecular weight is 564 g/mol. The van der Waals surface area contributed by atoms with E-state index in [2.05, 4.69) is 5.32 Å². The lowest BCUT2D eigenvalue weighted by Crippen LogP contribution is -2.51. The molecule has 0 aliphatic carbocycles. The Hall–Kier alpha value is -2.18. The second-order valence-electron chi connectivity index (χ2n) is 8.34. The summed E-state index contributed by atoms with van der Waals surface area (Å²) in [4.78, 5) is 28.6. The van der Waals surface area contributed by atoms with E-state index in [1.165, 1.54) is 11.8 Å². The van der Waals surface area contributed by atoms with E-state index in [1.54, 1.807) is 29.2 Å². The van der Waals surface area contributed by atoms with E-state index in [4.69, 9.17) is 34.8 Å². The highest BCUT2D eigenvalue weighted by molar-refractivity contribution is 7.99. The third-order valence-electron chi connectivity index (χ3n) is 5.60. The van der Waals surface area contributed by atoms with Crippen molar-refractivity contribution >= 4 is 58.4 Å². The van der Waals surface area contributed by atoms with Crippen molar-refractivity contribution < 1.29 is 9.59 Å². The van der Waals surface area contributed by atoms with Gasteiger partial charge in [-0.2, -0.15) is 0 Å². The van der Waals surface area contributed by atoms with Crippen molar-refractivity contribution in [3.05, 3.63) is 105 Å². The monoisotopic (exact) mass is 562 g/mol. The molecule has 3 aromatic rings. The summed E-state index contributed by atoms with van der Waals surface area (Å²) in [5, 5.41) is 4.70. The predicted octanol–water partition coefficient (Wildman–Crippen LogP) is 7.05. The Labute approximate surface area is 232 Å². The lowest BCUT2D eigenvalue weighted by molar-refractivity contribution is -0.139. The van der Waals surface area contributed by atoms with Gasteiger partial charge in [0.25, 0.3) is 0 Å². The second kappa shape index (κ2) is 14.5.